The first kappa shape index (κ1) is 28.8. The molecule has 0 amide bonds. The van der Waals surface area contributed by atoms with Gasteiger partial charge in [-0.3, -0.25) is 0 Å². The zero-order valence-electron chi connectivity index (χ0n) is 22.2. The van der Waals surface area contributed by atoms with Crippen LogP contribution >= 0.6 is 0 Å². The van der Waals surface area contributed by atoms with Gasteiger partial charge in [0.15, 0.2) is 17.6 Å². The average molecular weight is 564 g/mol. The highest BCUT2D eigenvalue weighted by Crippen LogP contribution is 2.38. The Morgan fingerprint density at radius 3 is 2.62 bits per heavy atom. The van der Waals surface area contributed by atoms with Gasteiger partial charge in [0.05, 0.1) is 10.9 Å². The van der Waals surface area contributed by atoms with E-state index < -0.39 is 24.2 Å². The highest BCUT2D eigenvalue weighted by atomic mass is 19.4. The summed E-state index contributed by atoms with van der Waals surface area (Å²) in [6, 6.07) is 3.51. The van der Waals surface area contributed by atoms with Crippen molar-refractivity contribution >= 4 is 29.0 Å². The van der Waals surface area contributed by atoms with E-state index in [9.17, 15) is 22.4 Å². The number of anilines is 2. The Morgan fingerprint density at radius 2 is 1.98 bits per heavy atom. The molecule has 0 saturated carbocycles. The number of carbonyl (C=O) groups is 1. The zero-order chi connectivity index (χ0) is 29.1. The number of alkyl halides is 4. The maximum Gasteiger partial charge on any atom is 0.419 e. The van der Waals surface area contributed by atoms with Crippen LogP contribution in [-0.2, 0) is 16.8 Å². The number of nitrogen functional groups attached to an aromatic ring is 1. The molecule has 4 aromatic heterocycles. The molecule has 0 aliphatic rings. The summed E-state index contributed by atoms with van der Waals surface area (Å²) < 4.78 is 57.6. The molecular formula is C25H29F4N9O2. The van der Waals surface area contributed by atoms with Crippen molar-refractivity contribution in [1.82, 2.24) is 34.9 Å². The number of aromatic nitrogens is 7. The number of aryl methyl sites for hydroxylation is 2. The van der Waals surface area contributed by atoms with Crippen molar-refractivity contribution < 1.29 is 26.8 Å². The van der Waals surface area contributed by atoms with E-state index in [0.29, 0.717) is 48.9 Å². The van der Waals surface area contributed by atoms with Gasteiger partial charge in [0, 0.05) is 26.2 Å². The van der Waals surface area contributed by atoms with Gasteiger partial charge in [-0.1, -0.05) is 12.8 Å². The van der Waals surface area contributed by atoms with Crippen LogP contribution in [0.2, 0.25) is 0 Å². The molecule has 0 aromatic carbocycles. The van der Waals surface area contributed by atoms with Crippen LogP contribution < -0.4 is 11.1 Å². The fourth-order valence-corrected chi connectivity index (χ4v) is 4.37. The number of nitrogens with one attached hydrogen (secondary N) is 1. The van der Waals surface area contributed by atoms with E-state index in [1.165, 1.54) is 0 Å². The molecule has 11 nitrogen and oxygen atoms in total. The van der Waals surface area contributed by atoms with E-state index in [4.69, 9.17) is 10.2 Å². The first-order valence-corrected chi connectivity index (χ1v) is 12.7. The Labute approximate surface area is 226 Å². The maximum atomic E-state index is 13.2. The molecule has 0 spiro atoms. The van der Waals surface area contributed by atoms with Gasteiger partial charge in [0.2, 0.25) is 11.8 Å². The molecular weight excluding hydrogens is 534 g/mol. The molecule has 4 rings (SSSR count). The summed E-state index contributed by atoms with van der Waals surface area (Å²) in [4.78, 5) is 25.9. The van der Waals surface area contributed by atoms with Gasteiger partial charge in [-0.2, -0.15) is 18.3 Å². The minimum absolute atomic E-state index is 0.00318. The molecule has 0 fully saturated rings. The Bertz CT molecular complexity index is 1490. The van der Waals surface area contributed by atoms with Gasteiger partial charge in [-0.15, -0.1) is 10.2 Å². The topological polar surface area (TPSA) is 151 Å². The first-order chi connectivity index (χ1) is 19.0. The second-order valence-electron chi connectivity index (χ2n) is 9.44. The van der Waals surface area contributed by atoms with Gasteiger partial charge >= 0.3 is 6.18 Å². The minimum atomic E-state index is -4.84. The molecule has 15 heteroatoms. The number of aldehydes is 1. The molecule has 3 N–H and O–H groups in total. The Balaban J connectivity index is 1.67. The van der Waals surface area contributed by atoms with Gasteiger partial charge in [0.1, 0.15) is 29.0 Å². The number of hydrogen-bond donors (Lipinski definition) is 2. The van der Waals surface area contributed by atoms with Crippen LogP contribution in [-0.4, -0.2) is 60.1 Å². The lowest BCUT2D eigenvalue weighted by molar-refractivity contribution is -0.182. The van der Waals surface area contributed by atoms with Crippen molar-refractivity contribution in [2.45, 2.75) is 70.8 Å². The first-order valence-electron chi connectivity index (χ1n) is 12.7. The standard InChI is InChI=1S/C25H29F4N9O2/c1-4-31-20-17(24(3,13-39)23-36-35-14(2)40-23)19(30)33-21(34-20)18-15-9-8-11-32-22(15)38(37-18)12-7-5-6-10-16(26)25(27,28)29/h8-9,11,13,16H,4-7,10,12H2,1-3H3,(H3,30,31,33,34). The lowest BCUT2D eigenvalue weighted by Crippen LogP contribution is -2.30. The number of pyridine rings is 1. The third-order valence-corrected chi connectivity index (χ3v) is 6.41. The Kier molecular flexibility index (Phi) is 8.30. The number of nitrogens with two attached hydrogens (primary N) is 1. The summed E-state index contributed by atoms with van der Waals surface area (Å²) in [7, 11) is 0. The molecule has 0 bridgehead atoms. The molecule has 0 aliphatic heterocycles. The molecule has 0 radical (unpaired) electrons. The van der Waals surface area contributed by atoms with Gasteiger partial charge in [0.25, 0.3) is 0 Å². The van der Waals surface area contributed by atoms with Gasteiger partial charge in [-0.05, 0) is 38.8 Å². The SMILES string of the molecule is CCNc1nc(-c2nn(CCCCCC(F)C(F)(F)F)c3ncccc23)nc(N)c1C(C)(C=O)c1nnc(C)o1. The number of hydrogen-bond acceptors (Lipinski definition) is 10. The predicted molar refractivity (Wildman–Crippen MR) is 138 cm³/mol. The molecule has 2 unspecified atom stereocenters. The number of halogens is 4. The van der Waals surface area contributed by atoms with Gasteiger partial charge < -0.3 is 20.3 Å². The number of unbranched alkanes of at least 4 members (excludes halogenated alkanes) is 2. The molecule has 2 atom stereocenters. The Morgan fingerprint density at radius 1 is 1.20 bits per heavy atom. The fourth-order valence-electron chi connectivity index (χ4n) is 4.37. The Hall–Kier alpha value is -4.17. The third-order valence-electron chi connectivity index (χ3n) is 6.41. The van der Waals surface area contributed by atoms with Crippen molar-refractivity contribution in [3.63, 3.8) is 0 Å². The zero-order valence-corrected chi connectivity index (χ0v) is 22.2. The monoisotopic (exact) mass is 563 g/mol. The largest absolute Gasteiger partial charge is 0.424 e. The van der Waals surface area contributed by atoms with Crippen LogP contribution in [0.3, 0.4) is 0 Å². The van der Waals surface area contributed by atoms with E-state index in [2.05, 4.69) is 35.6 Å². The molecule has 0 aliphatic carbocycles. The second kappa shape index (κ2) is 11.5. The fraction of sp³-hybridized carbons (Fsp3) is 0.480. The molecule has 214 valence electrons. The van der Waals surface area contributed by atoms with Crippen LogP contribution in [0.5, 0.6) is 0 Å². The minimum Gasteiger partial charge on any atom is -0.424 e. The third kappa shape index (κ3) is 5.72. The number of fused-ring (bicyclic) bond motifs is 1. The summed E-state index contributed by atoms with van der Waals surface area (Å²) in [6.45, 7) is 5.82. The number of carbonyl (C=O) groups excluding carboxylic acids is 1. The lowest BCUT2D eigenvalue weighted by atomic mass is 9.84. The molecule has 40 heavy (non-hydrogen) atoms. The van der Waals surface area contributed by atoms with E-state index in [1.54, 1.807) is 36.9 Å². The second-order valence-corrected chi connectivity index (χ2v) is 9.44. The highest BCUT2D eigenvalue weighted by Gasteiger charge is 2.41. The summed E-state index contributed by atoms with van der Waals surface area (Å²) >= 11 is 0. The average Bonchev–Trinajstić information content (AvgIpc) is 3.51. The van der Waals surface area contributed by atoms with Crippen LogP contribution in [0.15, 0.2) is 22.7 Å². The molecule has 4 heterocycles. The van der Waals surface area contributed by atoms with E-state index in [1.807, 2.05) is 6.92 Å². The highest BCUT2D eigenvalue weighted by molar-refractivity contribution is 5.90. The summed E-state index contributed by atoms with van der Waals surface area (Å²) in [5, 5.41) is 16.2. The van der Waals surface area contributed by atoms with Crippen molar-refractivity contribution in [1.29, 1.82) is 0 Å². The van der Waals surface area contributed by atoms with Crippen molar-refractivity contribution in [3.05, 3.63) is 35.7 Å². The molecule has 0 saturated heterocycles. The summed E-state index contributed by atoms with van der Waals surface area (Å²) in [6.07, 6.45) is -5.09. The lowest BCUT2D eigenvalue weighted by Gasteiger charge is -2.23. The van der Waals surface area contributed by atoms with Crippen molar-refractivity contribution in [3.8, 4) is 11.5 Å². The smallest absolute Gasteiger partial charge is 0.419 e. The van der Waals surface area contributed by atoms with Crippen LogP contribution in [0.1, 0.15) is 56.9 Å². The van der Waals surface area contributed by atoms with Crippen LogP contribution in [0.25, 0.3) is 22.6 Å². The van der Waals surface area contributed by atoms with E-state index in [0.717, 1.165) is 0 Å². The van der Waals surface area contributed by atoms with E-state index >= 15 is 0 Å². The quantitative estimate of drug-likeness (QED) is 0.143. The van der Waals surface area contributed by atoms with Crippen molar-refractivity contribution in [2.24, 2.45) is 0 Å². The van der Waals surface area contributed by atoms with Crippen molar-refractivity contribution in [2.75, 3.05) is 17.6 Å². The van der Waals surface area contributed by atoms with Crippen LogP contribution in [0, 0.1) is 6.92 Å². The van der Waals surface area contributed by atoms with Crippen LogP contribution in [0.4, 0.5) is 29.2 Å². The van der Waals surface area contributed by atoms with E-state index in [-0.39, 0.29) is 41.2 Å². The maximum absolute atomic E-state index is 13.2. The summed E-state index contributed by atoms with van der Waals surface area (Å²) in [5.74, 6) is 0.777. The molecule has 4 aromatic rings. The number of nitrogens with zero attached hydrogens (tertiary/aromatic N) is 7. The summed E-state index contributed by atoms with van der Waals surface area (Å²) in [5.41, 5.74) is 6.14. The normalized spacial score (nSPS) is 14.3. The van der Waals surface area contributed by atoms with Gasteiger partial charge in [-0.25, -0.2) is 24.0 Å². The number of rotatable bonds is 12. The predicted octanol–water partition coefficient (Wildman–Crippen LogP) is 4.56.